The van der Waals surface area contributed by atoms with Crippen molar-refractivity contribution in [3.63, 3.8) is 0 Å². The zero-order chi connectivity index (χ0) is 14.1. The summed E-state index contributed by atoms with van der Waals surface area (Å²) in [6, 6.07) is 4.06. The van der Waals surface area contributed by atoms with Gasteiger partial charge in [-0.3, -0.25) is 4.79 Å². The molecule has 0 heterocycles. The van der Waals surface area contributed by atoms with E-state index >= 15 is 0 Å². The van der Waals surface area contributed by atoms with Gasteiger partial charge >= 0.3 is 6.18 Å². The molecule has 0 N–H and O–H groups in total. The van der Waals surface area contributed by atoms with Gasteiger partial charge in [-0.25, -0.2) is 0 Å². The molecule has 0 saturated heterocycles. The molecule has 0 saturated carbocycles. The highest BCUT2D eigenvalue weighted by atomic mass is 19.4. The van der Waals surface area contributed by atoms with Crippen molar-refractivity contribution in [1.29, 1.82) is 0 Å². The zero-order valence-electron chi connectivity index (χ0n) is 11.0. The molecule has 4 heteroatoms. The number of alkyl halides is 3. The van der Waals surface area contributed by atoms with Crippen molar-refractivity contribution in [3.8, 4) is 0 Å². The van der Waals surface area contributed by atoms with Crippen LogP contribution in [0, 0.1) is 12.3 Å². The number of ketones is 1. The Balaban J connectivity index is 3.04. The van der Waals surface area contributed by atoms with Gasteiger partial charge in [-0.1, -0.05) is 32.9 Å². The Bertz CT molecular complexity index is 453. The highest BCUT2D eigenvalue weighted by molar-refractivity contribution is 5.85. The van der Waals surface area contributed by atoms with E-state index in [2.05, 4.69) is 0 Å². The van der Waals surface area contributed by atoms with E-state index in [-0.39, 0.29) is 17.8 Å². The molecule has 0 radical (unpaired) electrons. The van der Waals surface area contributed by atoms with Gasteiger partial charge in [0.1, 0.15) is 5.78 Å². The first-order valence-corrected chi connectivity index (χ1v) is 5.72. The standard InChI is InChI=1S/C14H17F3O/c1-9-5-6-10(7-11(9)14(15,16)17)8-12(18)13(2,3)4/h5-7H,8H2,1-4H3. The number of aryl methyl sites for hydroxylation is 1. The quantitative estimate of drug-likeness (QED) is 0.778. The van der Waals surface area contributed by atoms with Gasteiger partial charge in [-0.15, -0.1) is 0 Å². The van der Waals surface area contributed by atoms with Gasteiger partial charge in [0.05, 0.1) is 5.56 Å². The van der Waals surface area contributed by atoms with Crippen molar-refractivity contribution in [3.05, 3.63) is 34.9 Å². The minimum atomic E-state index is -4.37. The van der Waals surface area contributed by atoms with Crippen molar-refractivity contribution in [2.24, 2.45) is 5.41 Å². The summed E-state index contributed by atoms with van der Waals surface area (Å²) < 4.78 is 38.1. The summed E-state index contributed by atoms with van der Waals surface area (Å²) in [7, 11) is 0. The fourth-order valence-corrected chi connectivity index (χ4v) is 1.54. The molecule has 0 spiro atoms. The van der Waals surface area contributed by atoms with Gasteiger partial charge in [-0.2, -0.15) is 13.2 Å². The lowest BCUT2D eigenvalue weighted by Crippen LogP contribution is -2.22. The fourth-order valence-electron chi connectivity index (χ4n) is 1.54. The molecule has 0 aliphatic carbocycles. The van der Waals surface area contributed by atoms with Crippen molar-refractivity contribution in [1.82, 2.24) is 0 Å². The van der Waals surface area contributed by atoms with Crippen molar-refractivity contribution in [2.75, 3.05) is 0 Å². The van der Waals surface area contributed by atoms with E-state index in [1.54, 1.807) is 26.8 Å². The lowest BCUT2D eigenvalue weighted by atomic mass is 9.86. The maximum atomic E-state index is 12.7. The molecular weight excluding hydrogens is 241 g/mol. The molecule has 0 fully saturated rings. The maximum absolute atomic E-state index is 12.7. The van der Waals surface area contributed by atoms with E-state index < -0.39 is 17.2 Å². The average molecular weight is 258 g/mol. The van der Waals surface area contributed by atoms with Gasteiger partial charge in [0.2, 0.25) is 0 Å². The van der Waals surface area contributed by atoms with Crippen molar-refractivity contribution in [2.45, 2.75) is 40.3 Å². The Morgan fingerprint density at radius 3 is 2.17 bits per heavy atom. The second-order valence-electron chi connectivity index (χ2n) is 5.50. The largest absolute Gasteiger partial charge is 0.416 e. The van der Waals surface area contributed by atoms with E-state index in [4.69, 9.17) is 0 Å². The van der Waals surface area contributed by atoms with Crippen LogP contribution in [0.3, 0.4) is 0 Å². The molecule has 0 aliphatic heterocycles. The lowest BCUT2D eigenvalue weighted by Gasteiger charge is -2.17. The van der Waals surface area contributed by atoms with Crippen LogP contribution in [-0.4, -0.2) is 5.78 Å². The third kappa shape index (κ3) is 3.59. The topological polar surface area (TPSA) is 17.1 Å². The van der Waals surface area contributed by atoms with Crippen LogP contribution in [0.1, 0.15) is 37.5 Å². The summed E-state index contributed by atoms with van der Waals surface area (Å²) in [5.74, 6) is -0.0699. The van der Waals surface area contributed by atoms with Gasteiger partial charge in [0.15, 0.2) is 0 Å². The van der Waals surface area contributed by atoms with Crippen LogP contribution in [-0.2, 0) is 17.4 Å². The molecule has 0 atom stereocenters. The third-order valence-corrected chi connectivity index (χ3v) is 2.81. The van der Waals surface area contributed by atoms with Gasteiger partial charge in [0.25, 0.3) is 0 Å². The number of carbonyl (C=O) groups excluding carboxylic acids is 1. The summed E-state index contributed by atoms with van der Waals surface area (Å²) in [6.07, 6.45) is -4.34. The SMILES string of the molecule is Cc1ccc(CC(=O)C(C)(C)C)cc1C(F)(F)F. The molecule has 100 valence electrons. The summed E-state index contributed by atoms with van der Waals surface area (Å²) in [6.45, 7) is 6.69. The molecule has 1 aromatic carbocycles. The van der Waals surface area contributed by atoms with Crippen LogP contribution < -0.4 is 0 Å². The van der Waals surface area contributed by atoms with Gasteiger partial charge in [0, 0.05) is 11.8 Å². The van der Waals surface area contributed by atoms with Crippen LogP contribution in [0.25, 0.3) is 0 Å². The summed E-state index contributed by atoms with van der Waals surface area (Å²) in [4.78, 5) is 11.8. The monoisotopic (exact) mass is 258 g/mol. The van der Waals surface area contributed by atoms with Gasteiger partial charge in [-0.05, 0) is 24.1 Å². The van der Waals surface area contributed by atoms with Crippen LogP contribution in [0.15, 0.2) is 18.2 Å². The van der Waals surface area contributed by atoms with E-state index in [1.165, 1.54) is 13.0 Å². The average Bonchev–Trinajstić information content (AvgIpc) is 2.17. The minimum absolute atomic E-state index is 0.0346. The molecular formula is C14H17F3O. The van der Waals surface area contributed by atoms with E-state index in [0.717, 1.165) is 6.07 Å². The van der Waals surface area contributed by atoms with Crippen LogP contribution in [0.5, 0.6) is 0 Å². The molecule has 0 aromatic heterocycles. The second kappa shape index (κ2) is 4.75. The molecule has 1 aromatic rings. The number of hydrogen-bond acceptors (Lipinski definition) is 1. The first-order valence-electron chi connectivity index (χ1n) is 5.72. The third-order valence-electron chi connectivity index (χ3n) is 2.81. The van der Waals surface area contributed by atoms with Crippen LogP contribution in [0.4, 0.5) is 13.2 Å². The van der Waals surface area contributed by atoms with Crippen LogP contribution >= 0.6 is 0 Å². The van der Waals surface area contributed by atoms with Gasteiger partial charge < -0.3 is 0 Å². The molecule has 1 rings (SSSR count). The highest BCUT2D eigenvalue weighted by Gasteiger charge is 2.32. The van der Waals surface area contributed by atoms with Crippen LogP contribution in [0.2, 0.25) is 0 Å². The summed E-state index contributed by atoms with van der Waals surface area (Å²) >= 11 is 0. The van der Waals surface area contributed by atoms with E-state index in [9.17, 15) is 18.0 Å². The molecule has 0 unspecified atom stereocenters. The number of carbonyl (C=O) groups is 1. The number of Topliss-reactive ketones (excluding diaryl/α,β-unsaturated/α-hetero) is 1. The summed E-state index contributed by atoms with van der Waals surface area (Å²) in [5.41, 5.74) is -0.618. The number of benzene rings is 1. The lowest BCUT2D eigenvalue weighted by molar-refractivity contribution is -0.138. The molecule has 0 aliphatic rings. The minimum Gasteiger partial charge on any atom is -0.299 e. The molecule has 18 heavy (non-hydrogen) atoms. The second-order valence-corrected chi connectivity index (χ2v) is 5.50. The molecule has 0 bridgehead atoms. The normalized spacial score (nSPS) is 12.6. The van der Waals surface area contributed by atoms with Crippen molar-refractivity contribution >= 4 is 5.78 Å². The first kappa shape index (κ1) is 14.7. The Morgan fingerprint density at radius 1 is 1.17 bits per heavy atom. The smallest absolute Gasteiger partial charge is 0.299 e. The Labute approximate surface area is 105 Å². The molecule has 0 amide bonds. The Hall–Kier alpha value is -1.32. The van der Waals surface area contributed by atoms with Crippen molar-refractivity contribution < 1.29 is 18.0 Å². The number of halogens is 3. The first-order chi connectivity index (χ1) is 8.01. The number of hydrogen-bond donors (Lipinski definition) is 0. The Kier molecular flexibility index (Phi) is 3.89. The predicted molar refractivity (Wildman–Crippen MR) is 64.3 cm³/mol. The summed E-state index contributed by atoms with van der Waals surface area (Å²) in [5, 5.41) is 0. The highest BCUT2D eigenvalue weighted by Crippen LogP contribution is 2.32. The number of rotatable bonds is 2. The molecule has 1 nitrogen and oxygen atoms in total. The zero-order valence-corrected chi connectivity index (χ0v) is 11.0. The Morgan fingerprint density at radius 2 is 1.72 bits per heavy atom. The van der Waals surface area contributed by atoms with E-state index in [0.29, 0.717) is 5.56 Å². The predicted octanol–water partition coefficient (Wildman–Crippen LogP) is 4.17. The maximum Gasteiger partial charge on any atom is 0.416 e. The fraction of sp³-hybridized carbons (Fsp3) is 0.500. The van der Waals surface area contributed by atoms with E-state index in [1.807, 2.05) is 0 Å².